The SMILES string of the molecule is C=CCCC(=O)OCC(=C)CC[C@H]1C(=C)C(=O)O[C@@H]1[C@H]1O[C@]1(C)CCC=C. The van der Waals surface area contributed by atoms with E-state index in [1.807, 2.05) is 13.0 Å². The number of allylic oxidation sites excluding steroid dienone is 2. The molecule has 27 heavy (non-hydrogen) atoms. The molecule has 5 nitrogen and oxygen atoms in total. The Hall–Kier alpha value is -2.14. The van der Waals surface area contributed by atoms with Crippen molar-refractivity contribution in [1.82, 2.24) is 0 Å². The first-order chi connectivity index (χ1) is 12.8. The zero-order valence-corrected chi connectivity index (χ0v) is 16.2. The van der Waals surface area contributed by atoms with Crippen LogP contribution in [0, 0.1) is 5.92 Å². The van der Waals surface area contributed by atoms with E-state index in [0.717, 1.165) is 18.4 Å². The molecule has 2 heterocycles. The minimum atomic E-state index is -0.354. The van der Waals surface area contributed by atoms with E-state index < -0.39 is 0 Å². The van der Waals surface area contributed by atoms with Gasteiger partial charge in [-0.15, -0.1) is 13.2 Å². The molecule has 0 aromatic rings. The highest BCUT2D eigenvalue weighted by Gasteiger charge is 2.61. The Morgan fingerprint density at radius 1 is 1.26 bits per heavy atom. The lowest BCUT2D eigenvalue weighted by molar-refractivity contribution is -0.143. The van der Waals surface area contributed by atoms with Crippen LogP contribution in [0.5, 0.6) is 0 Å². The monoisotopic (exact) mass is 374 g/mol. The van der Waals surface area contributed by atoms with E-state index in [2.05, 4.69) is 26.3 Å². The van der Waals surface area contributed by atoms with Crippen molar-refractivity contribution >= 4 is 11.9 Å². The van der Waals surface area contributed by atoms with Crippen molar-refractivity contribution in [2.45, 2.75) is 63.3 Å². The van der Waals surface area contributed by atoms with Crippen LogP contribution in [0.1, 0.15) is 45.4 Å². The Balaban J connectivity index is 1.84. The molecule has 148 valence electrons. The summed E-state index contributed by atoms with van der Waals surface area (Å²) in [6, 6.07) is 0. The summed E-state index contributed by atoms with van der Waals surface area (Å²) in [5.74, 6) is -0.726. The molecule has 4 atom stereocenters. The van der Waals surface area contributed by atoms with Crippen LogP contribution >= 0.6 is 0 Å². The van der Waals surface area contributed by atoms with Crippen molar-refractivity contribution < 1.29 is 23.8 Å². The molecule has 0 saturated carbocycles. The van der Waals surface area contributed by atoms with E-state index in [0.29, 0.717) is 31.3 Å². The number of hydrogen-bond donors (Lipinski definition) is 0. The van der Waals surface area contributed by atoms with Crippen LogP contribution in [0.4, 0.5) is 0 Å². The van der Waals surface area contributed by atoms with Crippen LogP contribution in [0.3, 0.4) is 0 Å². The van der Waals surface area contributed by atoms with Gasteiger partial charge < -0.3 is 14.2 Å². The van der Waals surface area contributed by atoms with E-state index in [1.54, 1.807) is 6.08 Å². The van der Waals surface area contributed by atoms with Crippen molar-refractivity contribution in [2.75, 3.05) is 6.61 Å². The summed E-state index contributed by atoms with van der Waals surface area (Å²) in [4.78, 5) is 23.6. The average Bonchev–Trinajstić information content (AvgIpc) is 3.24. The van der Waals surface area contributed by atoms with Gasteiger partial charge in [0.1, 0.15) is 18.8 Å². The second-order valence-corrected chi connectivity index (χ2v) is 7.46. The number of rotatable bonds is 12. The number of hydrogen-bond acceptors (Lipinski definition) is 5. The van der Waals surface area contributed by atoms with Gasteiger partial charge in [-0.05, 0) is 44.6 Å². The Labute approximate surface area is 161 Å². The Kier molecular flexibility index (Phi) is 7.19. The summed E-state index contributed by atoms with van der Waals surface area (Å²) in [6.45, 7) is 17.4. The van der Waals surface area contributed by atoms with Gasteiger partial charge in [0.2, 0.25) is 0 Å². The van der Waals surface area contributed by atoms with Gasteiger partial charge in [-0.3, -0.25) is 4.79 Å². The maximum atomic E-state index is 12.0. The van der Waals surface area contributed by atoms with E-state index in [-0.39, 0.29) is 42.3 Å². The molecule has 0 aromatic carbocycles. The molecule has 0 unspecified atom stereocenters. The number of carbonyl (C=O) groups excluding carboxylic acids is 2. The van der Waals surface area contributed by atoms with Crippen LogP contribution in [0.15, 0.2) is 49.6 Å². The van der Waals surface area contributed by atoms with E-state index in [4.69, 9.17) is 14.2 Å². The van der Waals surface area contributed by atoms with Crippen LogP contribution < -0.4 is 0 Å². The third-order valence-electron chi connectivity index (χ3n) is 5.23. The maximum absolute atomic E-state index is 12.0. The van der Waals surface area contributed by atoms with Crippen LogP contribution in [0.25, 0.3) is 0 Å². The number of esters is 2. The molecular formula is C22H30O5. The highest BCUT2D eigenvalue weighted by molar-refractivity contribution is 5.91. The standard InChI is InChI=1S/C22H30O5/c1-6-8-10-18(23)25-14-15(3)11-12-17-16(4)21(24)26-19(17)20-22(5,27-20)13-9-7-2/h6-7,17,19-20H,1-4,8-14H2,5H3/t17-,19-,20+,22+/m0/s1. The van der Waals surface area contributed by atoms with Crippen molar-refractivity contribution in [3.05, 3.63) is 49.6 Å². The summed E-state index contributed by atoms with van der Waals surface area (Å²) in [5, 5.41) is 0. The fraction of sp³-hybridized carbons (Fsp3) is 0.545. The zero-order valence-electron chi connectivity index (χ0n) is 16.2. The molecule has 2 rings (SSSR count). The average molecular weight is 374 g/mol. The summed E-state index contributed by atoms with van der Waals surface area (Å²) >= 11 is 0. The summed E-state index contributed by atoms with van der Waals surface area (Å²) < 4.78 is 16.6. The summed E-state index contributed by atoms with van der Waals surface area (Å²) in [7, 11) is 0. The van der Waals surface area contributed by atoms with E-state index >= 15 is 0 Å². The van der Waals surface area contributed by atoms with Crippen molar-refractivity contribution in [3.8, 4) is 0 Å². The lowest BCUT2D eigenvalue weighted by Gasteiger charge is -2.18. The number of cyclic esters (lactones) is 1. The van der Waals surface area contributed by atoms with E-state index in [1.165, 1.54) is 0 Å². The first-order valence-electron chi connectivity index (χ1n) is 9.44. The molecule has 5 heteroatoms. The highest BCUT2D eigenvalue weighted by atomic mass is 16.6. The Morgan fingerprint density at radius 2 is 1.96 bits per heavy atom. The van der Waals surface area contributed by atoms with E-state index in [9.17, 15) is 9.59 Å². The minimum Gasteiger partial charge on any atom is -0.461 e. The third kappa shape index (κ3) is 5.42. The topological polar surface area (TPSA) is 65.1 Å². The first kappa shape index (κ1) is 21.2. The lowest BCUT2D eigenvalue weighted by Crippen LogP contribution is -2.28. The van der Waals surface area contributed by atoms with Gasteiger partial charge in [0.15, 0.2) is 0 Å². The van der Waals surface area contributed by atoms with Gasteiger partial charge in [-0.2, -0.15) is 0 Å². The van der Waals surface area contributed by atoms with Crippen LogP contribution in [-0.4, -0.2) is 36.4 Å². The first-order valence-corrected chi connectivity index (χ1v) is 9.44. The van der Waals surface area contributed by atoms with Gasteiger partial charge in [-0.25, -0.2) is 4.79 Å². The molecule has 0 aliphatic carbocycles. The van der Waals surface area contributed by atoms with Crippen molar-refractivity contribution in [1.29, 1.82) is 0 Å². The summed E-state index contributed by atoms with van der Waals surface area (Å²) in [6.07, 6.45) is 7.03. The van der Waals surface area contributed by atoms with Gasteiger partial charge >= 0.3 is 11.9 Å². The predicted molar refractivity (Wildman–Crippen MR) is 104 cm³/mol. The molecule has 0 amide bonds. The quantitative estimate of drug-likeness (QED) is 0.223. The maximum Gasteiger partial charge on any atom is 0.334 e. The van der Waals surface area contributed by atoms with Gasteiger partial charge in [0.25, 0.3) is 0 Å². The van der Waals surface area contributed by atoms with Gasteiger partial charge in [0.05, 0.1) is 5.60 Å². The second kappa shape index (κ2) is 9.18. The molecule has 0 N–H and O–H groups in total. The number of ether oxygens (including phenoxy) is 3. The predicted octanol–water partition coefficient (Wildman–Crippen LogP) is 4.05. The number of epoxide rings is 1. The smallest absolute Gasteiger partial charge is 0.334 e. The van der Waals surface area contributed by atoms with Crippen molar-refractivity contribution in [2.24, 2.45) is 5.92 Å². The molecule has 2 saturated heterocycles. The van der Waals surface area contributed by atoms with Gasteiger partial charge in [0, 0.05) is 17.9 Å². The molecule has 0 spiro atoms. The third-order valence-corrected chi connectivity index (χ3v) is 5.23. The molecule has 2 fully saturated rings. The largest absolute Gasteiger partial charge is 0.461 e. The zero-order chi connectivity index (χ0) is 20.0. The minimum absolute atomic E-state index is 0.110. The summed E-state index contributed by atoms with van der Waals surface area (Å²) in [5.41, 5.74) is 1.01. The van der Waals surface area contributed by atoms with Crippen LogP contribution in [0.2, 0.25) is 0 Å². The Bertz CT molecular complexity index is 635. The van der Waals surface area contributed by atoms with Crippen molar-refractivity contribution in [3.63, 3.8) is 0 Å². The second-order valence-electron chi connectivity index (χ2n) is 7.46. The molecule has 0 bridgehead atoms. The normalized spacial score (nSPS) is 29.1. The lowest BCUT2D eigenvalue weighted by atomic mass is 9.85. The molecule has 0 aromatic heterocycles. The fourth-order valence-corrected chi connectivity index (χ4v) is 3.41. The fourth-order valence-electron chi connectivity index (χ4n) is 3.41. The van der Waals surface area contributed by atoms with Crippen LogP contribution in [-0.2, 0) is 23.8 Å². The molecule has 2 aliphatic rings. The Morgan fingerprint density at radius 3 is 2.63 bits per heavy atom. The molecule has 2 aliphatic heterocycles. The number of carbonyl (C=O) groups is 2. The highest BCUT2D eigenvalue weighted by Crippen LogP contribution is 2.49. The molecular weight excluding hydrogens is 344 g/mol. The molecule has 0 radical (unpaired) electrons. The van der Waals surface area contributed by atoms with Gasteiger partial charge in [-0.1, -0.05) is 25.3 Å².